The van der Waals surface area contributed by atoms with E-state index in [4.69, 9.17) is 16.7 Å². The van der Waals surface area contributed by atoms with Crippen LogP contribution in [0.15, 0.2) is 23.1 Å². The zero-order valence-electron chi connectivity index (χ0n) is 12.6. The molecule has 1 aromatic carbocycles. The van der Waals surface area contributed by atoms with Gasteiger partial charge in [0.1, 0.15) is 10.7 Å². The maximum Gasteiger partial charge on any atom is 0.317 e. The van der Waals surface area contributed by atoms with Crippen LogP contribution in [0.3, 0.4) is 0 Å². The first-order valence-electron chi connectivity index (χ1n) is 7.09. The maximum absolute atomic E-state index is 13.9. The molecule has 2 rings (SSSR count). The Bertz CT molecular complexity index is 670. The van der Waals surface area contributed by atoms with Crippen LogP contribution in [0.2, 0.25) is 5.02 Å². The Morgan fingerprint density at radius 3 is 2.57 bits per heavy atom. The minimum absolute atomic E-state index is 0.0198. The molecule has 23 heavy (non-hydrogen) atoms. The summed E-state index contributed by atoms with van der Waals surface area (Å²) in [5.41, 5.74) is 0. The highest BCUT2D eigenvalue weighted by molar-refractivity contribution is 7.89. The molecule has 0 radical (unpaired) electrons. The number of hydrogen-bond acceptors (Lipinski definition) is 4. The Morgan fingerprint density at radius 2 is 2.04 bits per heavy atom. The number of benzene rings is 1. The molecule has 1 saturated heterocycles. The lowest BCUT2D eigenvalue weighted by molar-refractivity contribution is -0.138. The minimum atomic E-state index is -4.00. The molecule has 9 heteroatoms. The van der Waals surface area contributed by atoms with Crippen molar-refractivity contribution in [3.05, 3.63) is 29.0 Å². The van der Waals surface area contributed by atoms with E-state index in [-0.39, 0.29) is 30.7 Å². The van der Waals surface area contributed by atoms with Crippen molar-refractivity contribution in [2.75, 3.05) is 26.7 Å². The fraction of sp³-hybridized carbons (Fsp3) is 0.500. The number of aliphatic carboxylic acids is 1. The Morgan fingerprint density at radius 1 is 1.43 bits per heavy atom. The molecule has 128 valence electrons. The van der Waals surface area contributed by atoms with Crippen LogP contribution in [0.1, 0.15) is 12.8 Å². The molecule has 1 heterocycles. The van der Waals surface area contributed by atoms with Gasteiger partial charge < -0.3 is 5.11 Å². The number of nitrogens with zero attached hydrogens (tertiary/aromatic N) is 2. The molecule has 1 fully saturated rings. The third-order valence-corrected chi connectivity index (χ3v) is 6.35. The van der Waals surface area contributed by atoms with E-state index in [0.29, 0.717) is 12.8 Å². The standard InChI is InChI=1S/C14H18ClFN2O4S/c1-17(9-13(19)20)10-5-7-18(8-6-10)23(21,22)14-11(15)3-2-4-12(14)16/h2-4,10H,5-9H2,1H3,(H,19,20). The molecule has 0 unspecified atom stereocenters. The first-order valence-corrected chi connectivity index (χ1v) is 8.91. The van der Waals surface area contributed by atoms with E-state index in [0.717, 1.165) is 6.07 Å². The lowest BCUT2D eigenvalue weighted by atomic mass is 10.1. The van der Waals surface area contributed by atoms with Crippen LogP contribution in [0, 0.1) is 5.82 Å². The molecular weight excluding hydrogens is 347 g/mol. The molecule has 0 amide bonds. The average molecular weight is 365 g/mol. The molecule has 1 aliphatic heterocycles. The summed E-state index contributed by atoms with van der Waals surface area (Å²) in [5.74, 6) is -1.80. The Balaban J connectivity index is 2.12. The molecule has 0 atom stereocenters. The van der Waals surface area contributed by atoms with Crippen LogP contribution >= 0.6 is 11.6 Å². The zero-order valence-corrected chi connectivity index (χ0v) is 14.1. The van der Waals surface area contributed by atoms with Gasteiger partial charge in [0.25, 0.3) is 0 Å². The van der Waals surface area contributed by atoms with Crippen molar-refractivity contribution >= 4 is 27.6 Å². The van der Waals surface area contributed by atoms with Crippen molar-refractivity contribution in [1.29, 1.82) is 0 Å². The fourth-order valence-electron chi connectivity index (χ4n) is 2.72. The molecule has 6 nitrogen and oxygen atoms in total. The molecule has 1 aliphatic rings. The SMILES string of the molecule is CN(CC(=O)O)C1CCN(S(=O)(=O)c2c(F)cccc2Cl)CC1. The van der Waals surface area contributed by atoms with Crippen LogP contribution < -0.4 is 0 Å². The second-order valence-electron chi connectivity index (χ2n) is 5.49. The Hall–Kier alpha value is -1.22. The lowest BCUT2D eigenvalue weighted by Gasteiger charge is -2.35. The van der Waals surface area contributed by atoms with E-state index in [1.165, 1.54) is 16.4 Å². The van der Waals surface area contributed by atoms with Crippen LogP contribution in [-0.4, -0.2) is 61.4 Å². The van der Waals surface area contributed by atoms with Gasteiger partial charge in [0.15, 0.2) is 0 Å². The summed E-state index contributed by atoms with van der Waals surface area (Å²) >= 11 is 5.85. The minimum Gasteiger partial charge on any atom is -0.480 e. The fourth-order valence-corrected chi connectivity index (χ4v) is 4.76. The quantitative estimate of drug-likeness (QED) is 0.859. The third-order valence-electron chi connectivity index (χ3n) is 3.95. The highest BCUT2D eigenvalue weighted by atomic mass is 35.5. The number of rotatable bonds is 5. The highest BCUT2D eigenvalue weighted by Crippen LogP contribution is 2.29. The second-order valence-corrected chi connectivity index (χ2v) is 7.78. The van der Waals surface area contributed by atoms with E-state index in [2.05, 4.69) is 0 Å². The van der Waals surface area contributed by atoms with Crippen LogP contribution in [0.5, 0.6) is 0 Å². The molecule has 0 aromatic heterocycles. The highest BCUT2D eigenvalue weighted by Gasteiger charge is 2.34. The van der Waals surface area contributed by atoms with E-state index in [1.807, 2.05) is 0 Å². The number of halogens is 2. The number of sulfonamides is 1. The summed E-state index contributed by atoms with van der Waals surface area (Å²) in [4.78, 5) is 11.9. The van der Waals surface area contributed by atoms with Gasteiger partial charge >= 0.3 is 5.97 Å². The predicted octanol–water partition coefficient (Wildman–Crippen LogP) is 1.65. The summed E-state index contributed by atoms with van der Waals surface area (Å²) in [6.45, 7) is 0.291. The van der Waals surface area contributed by atoms with Gasteiger partial charge in [-0.15, -0.1) is 0 Å². The summed E-state index contributed by atoms with van der Waals surface area (Å²) < 4.78 is 40.2. The van der Waals surface area contributed by atoms with Gasteiger partial charge in [-0.3, -0.25) is 9.69 Å². The first kappa shape index (κ1) is 18.1. The van der Waals surface area contributed by atoms with E-state index >= 15 is 0 Å². The number of carboxylic acid groups (broad SMARTS) is 1. The summed E-state index contributed by atoms with van der Waals surface area (Å²) in [6, 6.07) is 3.73. The van der Waals surface area contributed by atoms with Gasteiger partial charge in [0.2, 0.25) is 10.0 Å². The molecule has 0 spiro atoms. The second kappa shape index (κ2) is 7.12. The number of carbonyl (C=O) groups is 1. The first-order chi connectivity index (χ1) is 10.7. The average Bonchev–Trinajstić information content (AvgIpc) is 2.46. The molecule has 1 N–H and O–H groups in total. The van der Waals surface area contributed by atoms with Crippen molar-refractivity contribution < 1.29 is 22.7 Å². The molecule has 0 bridgehead atoms. The van der Waals surface area contributed by atoms with Gasteiger partial charge in [-0.05, 0) is 32.0 Å². The smallest absolute Gasteiger partial charge is 0.317 e. The third kappa shape index (κ3) is 4.00. The topological polar surface area (TPSA) is 77.9 Å². The van der Waals surface area contributed by atoms with Crippen LogP contribution in [0.4, 0.5) is 4.39 Å². The van der Waals surface area contributed by atoms with Crippen LogP contribution in [-0.2, 0) is 14.8 Å². The monoisotopic (exact) mass is 364 g/mol. The summed E-state index contributed by atoms with van der Waals surface area (Å²) in [7, 11) is -2.31. The normalized spacial score (nSPS) is 17.6. The van der Waals surface area contributed by atoms with Gasteiger partial charge in [0, 0.05) is 19.1 Å². The number of hydrogen-bond donors (Lipinski definition) is 1. The molecule has 0 aliphatic carbocycles. The largest absolute Gasteiger partial charge is 0.480 e. The number of likely N-dealkylation sites (N-methyl/N-ethyl adjacent to an activating group) is 1. The lowest BCUT2D eigenvalue weighted by Crippen LogP contribution is -2.46. The van der Waals surface area contributed by atoms with E-state index in [1.54, 1.807) is 11.9 Å². The van der Waals surface area contributed by atoms with E-state index in [9.17, 15) is 17.6 Å². The Kier molecular flexibility index (Phi) is 5.61. The van der Waals surface area contributed by atoms with Crippen molar-refractivity contribution in [3.63, 3.8) is 0 Å². The van der Waals surface area contributed by atoms with Gasteiger partial charge in [-0.25, -0.2) is 12.8 Å². The van der Waals surface area contributed by atoms with Gasteiger partial charge in [-0.2, -0.15) is 4.31 Å². The molecular formula is C14H18ClFN2O4S. The maximum atomic E-state index is 13.9. The predicted molar refractivity (Wildman–Crippen MR) is 83.5 cm³/mol. The number of piperidine rings is 1. The van der Waals surface area contributed by atoms with Crippen LogP contribution in [0.25, 0.3) is 0 Å². The summed E-state index contributed by atoms with van der Waals surface area (Å²) in [6.07, 6.45) is 0.962. The van der Waals surface area contributed by atoms with E-state index < -0.39 is 26.7 Å². The van der Waals surface area contributed by atoms with Crippen molar-refractivity contribution in [2.24, 2.45) is 0 Å². The summed E-state index contributed by atoms with van der Waals surface area (Å²) in [5, 5.41) is 8.66. The zero-order chi connectivity index (χ0) is 17.2. The van der Waals surface area contributed by atoms with Crippen molar-refractivity contribution in [1.82, 2.24) is 9.21 Å². The van der Waals surface area contributed by atoms with Gasteiger partial charge in [0.05, 0.1) is 11.6 Å². The van der Waals surface area contributed by atoms with Crippen molar-refractivity contribution in [2.45, 2.75) is 23.8 Å². The molecule has 1 aromatic rings. The molecule has 0 saturated carbocycles. The Labute approximate surface area is 139 Å². The van der Waals surface area contributed by atoms with Crippen molar-refractivity contribution in [3.8, 4) is 0 Å². The number of carboxylic acids is 1. The van der Waals surface area contributed by atoms with Gasteiger partial charge in [-0.1, -0.05) is 17.7 Å².